The molecular formula is C20H21BrFNO3S. The molecule has 1 fully saturated rings. The smallest absolute Gasteiger partial charge is 0.233 e. The minimum absolute atomic E-state index is 0.0222. The van der Waals surface area contributed by atoms with Crippen molar-refractivity contribution in [1.29, 1.82) is 0 Å². The number of thioether (sulfide) groups is 1. The van der Waals surface area contributed by atoms with Crippen LogP contribution in [0.5, 0.6) is 11.5 Å². The van der Waals surface area contributed by atoms with E-state index in [1.807, 2.05) is 19.1 Å². The SMILES string of the molecule is COc1ccc(CN2C(=O)CSC[C@@]2(C)c2cc(Br)ccc2F)c(OC)c1. The van der Waals surface area contributed by atoms with E-state index in [0.29, 0.717) is 35.1 Å². The van der Waals surface area contributed by atoms with Gasteiger partial charge in [-0.2, -0.15) is 0 Å². The monoisotopic (exact) mass is 453 g/mol. The van der Waals surface area contributed by atoms with Gasteiger partial charge in [0, 0.05) is 27.4 Å². The Morgan fingerprint density at radius 3 is 2.70 bits per heavy atom. The topological polar surface area (TPSA) is 38.8 Å². The van der Waals surface area contributed by atoms with E-state index in [1.165, 1.54) is 17.8 Å². The van der Waals surface area contributed by atoms with Crippen molar-refractivity contribution in [3.63, 3.8) is 0 Å². The molecule has 2 aromatic carbocycles. The maximum Gasteiger partial charge on any atom is 0.233 e. The van der Waals surface area contributed by atoms with Gasteiger partial charge in [-0.3, -0.25) is 4.79 Å². The Kier molecular flexibility index (Phi) is 6.01. The van der Waals surface area contributed by atoms with Crippen LogP contribution in [0.1, 0.15) is 18.1 Å². The Bertz CT molecular complexity index is 863. The minimum Gasteiger partial charge on any atom is -0.497 e. The molecule has 0 radical (unpaired) electrons. The third kappa shape index (κ3) is 3.94. The number of ether oxygens (including phenoxy) is 2. The first-order valence-corrected chi connectivity index (χ1v) is 10.4. The highest BCUT2D eigenvalue weighted by Crippen LogP contribution is 2.40. The summed E-state index contributed by atoms with van der Waals surface area (Å²) < 4.78 is 26.2. The number of amides is 1. The summed E-state index contributed by atoms with van der Waals surface area (Å²) in [4.78, 5) is 14.6. The van der Waals surface area contributed by atoms with Crippen molar-refractivity contribution in [3.8, 4) is 11.5 Å². The molecule has 0 aliphatic carbocycles. The van der Waals surface area contributed by atoms with Crippen LogP contribution in [0, 0.1) is 5.82 Å². The summed E-state index contributed by atoms with van der Waals surface area (Å²) in [6.07, 6.45) is 0. The standard InChI is InChI=1S/C20H21BrFNO3S/c1-20(16-8-14(21)5-7-17(16)22)12-27-11-19(24)23(20)10-13-4-6-15(25-2)9-18(13)26-3/h4-9H,10-12H2,1-3H3/t20-/m0/s1. The van der Waals surface area contributed by atoms with Crippen LogP contribution in [-0.2, 0) is 16.9 Å². The summed E-state index contributed by atoms with van der Waals surface area (Å²) in [5.41, 5.74) is 0.587. The maximum atomic E-state index is 14.7. The van der Waals surface area contributed by atoms with E-state index in [-0.39, 0.29) is 11.7 Å². The summed E-state index contributed by atoms with van der Waals surface area (Å²) in [5, 5.41) is 0. The van der Waals surface area contributed by atoms with Gasteiger partial charge in [0.1, 0.15) is 17.3 Å². The van der Waals surface area contributed by atoms with Gasteiger partial charge in [0.15, 0.2) is 0 Å². The molecule has 0 saturated carbocycles. The molecule has 1 aliphatic rings. The molecule has 0 N–H and O–H groups in total. The van der Waals surface area contributed by atoms with E-state index in [4.69, 9.17) is 9.47 Å². The van der Waals surface area contributed by atoms with E-state index in [0.717, 1.165) is 10.0 Å². The molecule has 4 nitrogen and oxygen atoms in total. The first-order valence-electron chi connectivity index (χ1n) is 8.43. The van der Waals surface area contributed by atoms with Crippen LogP contribution >= 0.6 is 27.7 Å². The largest absolute Gasteiger partial charge is 0.497 e. The van der Waals surface area contributed by atoms with Crippen LogP contribution in [0.25, 0.3) is 0 Å². The van der Waals surface area contributed by atoms with Crippen molar-refractivity contribution in [2.45, 2.75) is 19.0 Å². The molecule has 1 heterocycles. The Morgan fingerprint density at radius 2 is 2.00 bits per heavy atom. The van der Waals surface area contributed by atoms with Crippen LogP contribution in [0.2, 0.25) is 0 Å². The van der Waals surface area contributed by atoms with Crippen molar-refractivity contribution in [3.05, 3.63) is 57.8 Å². The molecule has 1 saturated heterocycles. The van der Waals surface area contributed by atoms with E-state index >= 15 is 0 Å². The lowest BCUT2D eigenvalue weighted by molar-refractivity contribution is -0.135. The lowest BCUT2D eigenvalue weighted by Gasteiger charge is -2.45. The normalized spacial score (nSPS) is 19.9. The summed E-state index contributed by atoms with van der Waals surface area (Å²) in [6.45, 7) is 2.24. The average molecular weight is 454 g/mol. The van der Waals surface area contributed by atoms with Crippen LogP contribution in [0.4, 0.5) is 4.39 Å². The van der Waals surface area contributed by atoms with Gasteiger partial charge in [0.2, 0.25) is 5.91 Å². The first kappa shape index (κ1) is 20.0. The van der Waals surface area contributed by atoms with Gasteiger partial charge in [0.05, 0.1) is 32.1 Å². The second-order valence-electron chi connectivity index (χ2n) is 6.55. The van der Waals surface area contributed by atoms with Crippen LogP contribution in [0.15, 0.2) is 40.9 Å². The highest BCUT2D eigenvalue weighted by Gasteiger charge is 2.42. The van der Waals surface area contributed by atoms with Crippen LogP contribution in [-0.4, -0.2) is 36.5 Å². The van der Waals surface area contributed by atoms with Crippen LogP contribution < -0.4 is 9.47 Å². The van der Waals surface area contributed by atoms with Gasteiger partial charge in [-0.15, -0.1) is 11.8 Å². The molecule has 0 spiro atoms. The minimum atomic E-state index is -0.765. The Balaban J connectivity index is 2.03. The molecule has 144 valence electrons. The molecule has 0 unspecified atom stereocenters. The molecule has 1 atom stereocenters. The average Bonchev–Trinajstić information content (AvgIpc) is 2.66. The van der Waals surface area contributed by atoms with E-state index in [2.05, 4.69) is 15.9 Å². The van der Waals surface area contributed by atoms with Crippen molar-refractivity contribution in [2.24, 2.45) is 0 Å². The number of benzene rings is 2. The number of rotatable bonds is 5. The number of hydrogen-bond donors (Lipinski definition) is 0. The summed E-state index contributed by atoms with van der Waals surface area (Å²) >= 11 is 4.94. The molecule has 3 rings (SSSR count). The fourth-order valence-corrected chi connectivity index (χ4v) is 4.82. The summed E-state index contributed by atoms with van der Waals surface area (Å²) in [5.74, 6) is 1.97. The molecule has 0 bridgehead atoms. The van der Waals surface area contributed by atoms with Gasteiger partial charge in [-0.1, -0.05) is 15.9 Å². The third-order valence-corrected chi connectivity index (χ3v) is 6.55. The fraction of sp³-hybridized carbons (Fsp3) is 0.350. The quantitative estimate of drug-likeness (QED) is 0.663. The predicted molar refractivity (Wildman–Crippen MR) is 109 cm³/mol. The zero-order valence-electron chi connectivity index (χ0n) is 15.4. The molecule has 7 heteroatoms. The second-order valence-corrected chi connectivity index (χ2v) is 8.45. The van der Waals surface area contributed by atoms with Crippen molar-refractivity contribution < 1.29 is 18.7 Å². The van der Waals surface area contributed by atoms with Gasteiger partial charge < -0.3 is 14.4 Å². The molecular weight excluding hydrogens is 433 g/mol. The number of nitrogens with zero attached hydrogens (tertiary/aromatic N) is 1. The highest BCUT2D eigenvalue weighted by atomic mass is 79.9. The highest BCUT2D eigenvalue weighted by molar-refractivity contribution is 9.10. The summed E-state index contributed by atoms with van der Waals surface area (Å²) in [7, 11) is 3.17. The Hall–Kier alpha value is -1.73. The van der Waals surface area contributed by atoms with Crippen molar-refractivity contribution >= 4 is 33.6 Å². The summed E-state index contributed by atoms with van der Waals surface area (Å²) in [6, 6.07) is 10.3. The number of halogens is 2. The van der Waals surface area contributed by atoms with Gasteiger partial charge >= 0.3 is 0 Å². The number of carbonyl (C=O) groups is 1. The lowest BCUT2D eigenvalue weighted by atomic mass is 9.90. The van der Waals surface area contributed by atoms with Gasteiger partial charge in [-0.25, -0.2) is 4.39 Å². The lowest BCUT2D eigenvalue weighted by Crippen LogP contribution is -2.53. The Morgan fingerprint density at radius 1 is 1.22 bits per heavy atom. The molecule has 27 heavy (non-hydrogen) atoms. The molecule has 2 aromatic rings. The van der Waals surface area contributed by atoms with Gasteiger partial charge in [0.25, 0.3) is 0 Å². The predicted octanol–water partition coefficient (Wildman–Crippen LogP) is 4.60. The number of hydrogen-bond acceptors (Lipinski definition) is 4. The first-order chi connectivity index (χ1) is 12.9. The molecule has 0 aromatic heterocycles. The van der Waals surface area contributed by atoms with E-state index in [9.17, 15) is 9.18 Å². The second kappa shape index (κ2) is 8.10. The van der Waals surface area contributed by atoms with E-state index < -0.39 is 5.54 Å². The fourth-order valence-electron chi connectivity index (χ4n) is 3.32. The Labute approximate surface area is 171 Å². The zero-order valence-corrected chi connectivity index (χ0v) is 17.8. The maximum absolute atomic E-state index is 14.7. The number of methoxy groups -OCH3 is 2. The van der Waals surface area contributed by atoms with E-state index in [1.54, 1.807) is 37.3 Å². The molecule has 1 aliphatic heterocycles. The van der Waals surface area contributed by atoms with Gasteiger partial charge in [-0.05, 0) is 37.3 Å². The van der Waals surface area contributed by atoms with Crippen molar-refractivity contribution in [2.75, 3.05) is 25.7 Å². The third-order valence-electron chi connectivity index (χ3n) is 4.84. The van der Waals surface area contributed by atoms with Crippen LogP contribution in [0.3, 0.4) is 0 Å². The number of carbonyl (C=O) groups excluding carboxylic acids is 1. The van der Waals surface area contributed by atoms with Crippen molar-refractivity contribution in [1.82, 2.24) is 4.90 Å². The zero-order chi connectivity index (χ0) is 19.6. The molecule has 1 amide bonds.